The number of rotatable bonds is 5. The summed E-state index contributed by atoms with van der Waals surface area (Å²) in [6.45, 7) is 2.82. The number of fused-ring (bicyclic) bond motifs is 1. The summed E-state index contributed by atoms with van der Waals surface area (Å²) in [7, 11) is 0. The van der Waals surface area contributed by atoms with E-state index < -0.39 is 17.6 Å². The number of nitriles is 1. The van der Waals surface area contributed by atoms with E-state index in [0.29, 0.717) is 11.3 Å². The van der Waals surface area contributed by atoms with Gasteiger partial charge in [-0.1, -0.05) is 19.1 Å². The Morgan fingerprint density at radius 3 is 2.76 bits per heavy atom. The molecule has 0 aliphatic carbocycles. The largest absolute Gasteiger partial charge is 0.325 e. The molecule has 25 heavy (non-hydrogen) atoms. The second kappa shape index (κ2) is 7.31. The second-order valence-corrected chi connectivity index (χ2v) is 6.15. The first-order valence-corrected chi connectivity index (χ1v) is 8.52. The SMILES string of the molecule is CCc1ccc(NC(=O)[C@@H](C#N)C(=O)c2cnn3c2CCCC3)cc1. The van der Waals surface area contributed by atoms with E-state index in [9.17, 15) is 14.9 Å². The van der Waals surface area contributed by atoms with E-state index >= 15 is 0 Å². The van der Waals surface area contributed by atoms with E-state index in [4.69, 9.17) is 0 Å². The predicted octanol–water partition coefficient (Wildman–Crippen LogP) is 2.74. The average Bonchev–Trinajstić information content (AvgIpc) is 3.07. The van der Waals surface area contributed by atoms with Gasteiger partial charge in [0.1, 0.15) is 0 Å². The molecule has 0 fully saturated rings. The minimum absolute atomic E-state index is 0.391. The average molecular weight is 336 g/mol. The fourth-order valence-corrected chi connectivity index (χ4v) is 3.06. The zero-order valence-electron chi connectivity index (χ0n) is 14.2. The van der Waals surface area contributed by atoms with E-state index in [1.165, 1.54) is 6.20 Å². The minimum Gasteiger partial charge on any atom is -0.325 e. The number of carbonyl (C=O) groups is 2. The number of hydrogen-bond acceptors (Lipinski definition) is 4. The van der Waals surface area contributed by atoms with Crippen LogP contribution in [0.2, 0.25) is 0 Å². The Morgan fingerprint density at radius 2 is 2.08 bits per heavy atom. The van der Waals surface area contributed by atoms with Crippen molar-refractivity contribution in [3.63, 3.8) is 0 Å². The van der Waals surface area contributed by atoms with Gasteiger partial charge >= 0.3 is 0 Å². The molecule has 1 atom stereocenters. The Labute approximate surface area is 146 Å². The molecule has 1 aromatic heterocycles. The van der Waals surface area contributed by atoms with Gasteiger partial charge in [-0.05, 0) is 43.4 Å². The van der Waals surface area contributed by atoms with Crippen molar-refractivity contribution in [2.45, 2.75) is 39.2 Å². The van der Waals surface area contributed by atoms with Crippen LogP contribution in [0.5, 0.6) is 0 Å². The zero-order valence-corrected chi connectivity index (χ0v) is 14.2. The highest BCUT2D eigenvalue weighted by Crippen LogP contribution is 2.21. The van der Waals surface area contributed by atoms with Gasteiger partial charge in [0, 0.05) is 17.9 Å². The van der Waals surface area contributed by atoms with Crippen LogP contribution >= 0.6 is 0 Å². The molecule has 0 radical (unpaired) electrons. The summed E-state index contributed by atoms with van der Waals surface area (Å²) in [6, 6.07) is 9.21. The van der Waals surface area contributed by atoms with Gasteiger partial charge in [0.25, 0.3) is 0 Å². The van der Waals surface area contributed by atoms with Gasteiger partial charge in [-0.15, -0.1) is 0 Å². The van der Waals surface area contributed by atoms with Crippen molar-refractivity contribution in [1.29, 1.82) is 5.26 Å². The lowest BCUT2D eigenvalue weighted by Crippen LogP contribution is -2.29. The molecule has 1 amide bonds. The van der Waals surface area contributed by atoms with Crippen LogP contribution in [0.15, 0.2) is 30.5 Å². The maximum atomic E-state index is 12.7. The Kier molecular flexibility index (Phi) is 4.94. The summed E-state index contributed by atoms with van der Waals surface area (Å²) in [4.78, 5) is 25.1. The number of ketones is 1. The number of nitrogens with one attached hydrogen (secondary N) is 1. The lowest BCUT2D eigenvalue weighted by molar-refractivity contribution is -0.117. The summed E-state index contributed by atoms with van der Waals surface area (Å²) in [5.41, 5.74) is 2.95. The monoisotopic (exact) mass is 336 g/mol. The number of Topliss-reactive ketones (excluding diaryl/α,β-unsaturated/α-hetero) is 1. The number of aromatic nitrogens is 2. The summed E-state index contributed by atoms with van der Waals surface area (Å²) < 4.78 is 1.80. The first-order valence-electron chi connectivity index (χ1n) is 8.52. The topological polar surface area (TPSA) is 87.8 Å². The molecule has 1 aliphatic rings. The summed E-state index contributed by atoms with van der Waals surface area (Å²) >= 11 is 0. The van der Waals surface area contributed by atoms with Crippen LogP contribution in [-0.2, 0) is 24.2 Å². The Morgan fingerprint density at radius 1 is 1.32 bits per heavy atom. The van der Waals surface area contributed by atoms with Gasteiger partial charge < -0.3 is 5.32 Å². The normalized spacial score (nSPS) is 14.2. The molecule has 0 unspecified atom stereocenters. The Bertz CT molecular complexity index is 830. The molecule has 0 bridgehead atoms. The highest BCUT2D eigenvalue weighted by Gasteiger charge is 2.31. The molecule has 0 saturated heterocycles. The molecule has 6 heteroatoms. The van der Waals surface area contributed by atoms with Crippen molar-refractivity contribution < 1.29 is 9.59 Å². The highest BCUT2D eigenvalue weighted by atomic mass is 16.2. The third-order valence-corrected chi connectivity index (χ3v) is 4.53. The fraction of sp³-hybridized carbons (Fsp3) is 0.368. The quantitative estimate of drug-likeness (QED) is 0.672. The van der Waals surface area contributed by atoms with Crippen molar-refractivity contribution in [2.24, 2.45) is 5.92 Å². The number of nitrogens with zero attached hydrogens (tertiary/aromatic N) is 3. The van der Waals surface area contributed by atoms with E-state index in [0.717, 1.165) is 43.5 Å². The van der Waals surface area contributed by atoms with Crippen LogP contribution < -0.4 is 5.32 Å². The van der Waals surface area contributed by atoms with Gasteiger partial charge in [-0.25, -0.2) is 0 Å². The molecular formula is C19H20N4O2. The van der Waals surface area contributed by atoms with Crippen LogP contribution in [0, 0.1) is 17.2 Å². The van der Waals surface area contributed by atoms with E-state index in [1.54, 1.807) is 16.8 Å². The molecule has 1 aliphatic heterocycles. The molecule has 1 aromatic carbocycles. The molecular weight excluding hydrogens is 316 g/mol. The Balaban J connectivity index is 1.76. The first kappa shape index (κ1) is 16.9. The molecule has 2 aromatic rings. The van der Waals surface area contributed by atoms with Gasteiger partial charge in [-0.3, -0.25) is 14.3 Å². The Hall–Kier alpha value is -2.94. The fourth-order valence-electron chi connectivity index (χ4n) is 3.06. The first-order chi connectivity index (χ1) is 12.1. The third-order valence-electron chi connectivity index (χ3n) is 4.53. The number of carbonyl (C=O) groups excluding carboxylic acids is 2. The summed E-state index contributed by atoms with van der Waals surface area (Å²) in [6.07, 6.45) is 5.15. The van der Waals surface area contributed by atoms with Crippen LogP contribution in [0.4, 0.5) is 5.69 Å². The van der Waals surface area contributed by atoms with Gasteiger partial charge in [-0.2, -0.15) is 10.4 Å². The van der Waals surface area contributed by atoms with Gasteiger partial charge in [0.05, 0.1) is 17.8 Å². The smallest absolute Gasteiger partial charge is 0.249 e. The van der Waals surface area contributed by atoms with E-state index in [2.05, 4.69) is 10.4 Å². The predicted molar refractivity (Wildman–Crippen MR) is 93.0 cm³/mol. The number of hydrogen-bond donors (Lipinski definition) is 1. The van der Waals surface area contributed by atoms with Crippen LogP contribution in [0.3, 0.4) is 0 Å². The van der Waals surface area contributed by atoms with E-state index in [-0.39, 0.29) is 0 Å². The zero-order chi connectivity index (χ0) is 17.8. The molecule has 6 nitrogen and oxygen atoms in total. The highest BCUT2D eigenvalue weighted by molar-refractivity contribution is 6.15. The van der Waals surface area contributed by atoms with Crippen LogP contribution in [0.25, 0.3) is 0 Å². The van der Waals surface area contributed by atoms with E-state index in [1.807, 2.05) is 25.1 Å². The molecule has 3 rings (SSSR count). The number of anilines is 1. The molecule has 0 spiro atoms. The van der Waals surface area contributed by atoms with Crippen molar-refractivity contribution in [1.82, 2.24) is 9.78 Å². The molecule has 0 saturated carbocycles. The lowest BCUT2D eigenvalue weighted by atomic mass is 9.95. The van der Waals surface area contributed by atoms with Gasteiger partial charge in [0.2, 0.25) is 5.91 Å². The number of aryl methyl sites for hydroxylation is 2. The van der Waals surface area contributed by atoms with Crippen molar-refractivity contribution >= 4 is 17.4 Å². The van der Waals surface area contributed by atoms with Crippen LogP contribution in [-0.4, -0.2) is 21.5 Å². The van der Waals surface area contributed by atoms with Crippen molar-refractivity contribution in [3.8, 4) is 6.07 Å². The summed E-state index contributed by atoms with van der Waals surface area (Å²) in [5, 5.41) is 16.2. The molecule has 2 heterocycles. The molecule has 128 valence electrons. The van der Waals surface area contributed by atoms with Crippen molar-refractivity contribution in [2.75, 3.05) is 5.32 Å². The van der Waals surface area contributed by atoms with Crippen LogP contribution in [0.1, 0.15) is 41.4 Å². The standard InChI is InChI=1S/C19H20N4O2/c1-2-13-6-8-14(9-7-13)22-19(25)15(11-20)18(24)16-12-21-23-10-4-3-5-17(16)23/h6-9,12,15H,2-5,10H2,1H3,(H,22,25)/t15-/m0/s1. The lowest BCUT2D eigenvalue weighted by Gasteiger charge is -2.15. The third kappa shape index (κ3) is 3.45. The maximum absolute atomic E-state index is 12.7. The van der Waals surface area contributed by atoms with Gasteiger partial charge in [0.15, 0.2) is 11.7 Å². The number of amides is 1. The minimum atomic E-state index is -1.37. The second-order valence-electron chi connectivity index (χ2n) is 6.15. The maximum Gasteiger partial charge on any atom is 0.249 e. The van der Waals surface area contributed by atoms with Crippen molar-refractivity contribution in [3.05, 3.63) is 47.3 Å². The molecule has 1 N–H and O–H groups in total. The summed E-state index contributed by atoms with van der Waals surface area (Å²) in [5.74, 6) is -2.46. The number of benzene rings is 1.